The van der Waals surface area contributed by atoms with Gasteiger partial charge in [-0.3, -0.25) is 4.79 Å². The van der Waals surface area contributed by atoms with E-state index >= 15 is 0 Å². The number of amides is 1. The number of para-hydroxylation sites is 1. The fraction of sp³-hybridized carbons (Fsp3) is 0.500. The van der Waals surface area contributed by atoms with Crippen molar-refractivity contribution in [1.82, 2.24) is 5.32 Å². The number of rotatable bonds is 5. The van der Waals surface area contributed by atoms with Crippen LogP contribution in [0.15, 0.2) is 18.2 Å². The molecular weight excluding hydrogens is 245 g/mol. The van der Waals surface area contributed by atoms with Crippen LogP contribution in [0, 0.1) is 5.82 Å². The van der Waals surface area contributed by atoms with Crippen molar-refractivity contribution in [2.75, 3.05) is 36.9 Å². The number of hydrogen-bond donors (Lipinski definition) is 2. The van der Waals surface area contributed by atoms with E-state index in [0.717, 1.165) is 31.6 Å². The lowest BCUT2D eigenvalue weighted by atomic mass is 10.2. The molecule has 2 rings (SSSR count). The van der Waals surface area contributed by atoms with E-state index in [1.807, 2.05) is 6.07 Å². The number of carbonyl (C=O) groups excluding carboxylic acids is 1. The summed E-state index contributed by atoms with van der Waals surface area (Å²) in [4.78, 5) is 13.9. The zero-order valence-corrected chi connectivity index (χ0v) is 11.2. The number of halogens is 1. The maximum absolute atomic E-state index is 13.9. The lowest BCUT2D eigenvalue weighted by Gasteiger charge is -2.22. The third-order valence-electron chi connectivity index (χ3n) is 3.30. The number of nitrogens with one attached hydrogen (secondary N) is 2. The van der Waals surface area contributed by atoms with E-state index in [2.05, 4.69) is 15.5 Å². The molecule has 1 fully saturated rings. The van der Waals surface area contributed by atoms with Crippen LogP contribution >= 0.6 is 0 Å². The maximum Gasteiger partial charge on any atom is 0.225 e. The van der Waals surface area contributed by atoms with E-state index < -0.39 is 0 Å². The molecule has 0 aromatic heterocycles. The molecular formula is C14H20FN3O. The SMILES string of the molecule is CNCCC(=O)Nc1c(F)cccc1N1CCCC1. The highest BCUT2D eigenvalue weighted by Gasteiger charge is 2.19. The minimum atomic E-state index is -0.373. The van der Waals surface area contributed by atoms with Crippen LogP contribution in [-0.4, -0.2) is 32.6 Å². The van der Waals surface area contributed by atoms with Gasteiger partial charge in [0, 0.05) is 26.1 Å². The zero-order valence-electron chi connectivity index (χ0n) is 11.2. The van der Waals surface area contributed by atoms with Crippen molar-refractivity contribution in [3.63, 3.8) is 0 Å². The minimum Gasteiger partial charge on any atom is -0.370 e. The first-order valence-corrected chi connectivity index (χ1v) is 6.70. The number of nitrogens with zero attached hydrogens (tertiary/aromatic N) is 1. The first-order chi connectivity index (χ1) is 9.22. The molecule has 0 radical (unpaired) electrons. The molecule has 1 aliphatic heterocycles. The topological polar surface area (TPSA) is 44.4 Å². The van der Waals surface area contributed by atoms with E-state index in [0.29, 0.717) is 18.7 Å². The van der Waals surface area contributed by atoms with Gasteiger partial charge in [0.05, 0.1) is 5.69 Å². The van der Waals surface area contributed by atoms with Crippen LogP contribution in [0.1, 0.15) is 19.3 Å². The van der Waals surface area contributed by atoms with Gasteiger partial charge >= 0.3 is 0 Å². The Bertz CT molecular complexity index is 444. The van der Waals surface area contributed by atoms with Crippen LogP contribution in [0.5, 0.6) is 0 Å². The van der Waals surface area contributed by atoms with Gasteiger partial charge in [-0.1, -0.05) is 6.07 Å². The number of carbonyl (C=O) groups is 1. The van der Waals surface area contributed by atoms with Crippen LogP contribution in [0.2, 0.25) is 0 Å². The van der Waals surface area contributed by atoms with E-state index in [1.165, 1.54) is 6.07 Å². The van der Waals surface area contributed by atoms with Crippen LogP contribution in [0.25, 0.3) is 0 Å². The Kier molecular flexibility index (Phi) is 4.74. The second-order valence-corrected chi connectivity index (χ2v) is 4.73. The highest BCUT2D eigenvalue weighted by molar-refractivity contribution is 5.94. The molecule has 1 amide bonds. The van der Waals surface area contributed by atoms with Crippen molar-refractivity contribution in [2.45, 2.75) is 19.3 Å². The molecule has 104 valence electrons. The average molecular weight is 265 g/mol. The van der Waals surface area contributed by atoms with Crippen LogP contribution in [-0.2, 0) is 4.79 Å². The molecule has 0 spiro atoms. The third kappa shape index (κ3) is 3.44. The summed E-state index contributed by atoms with van der Waals surface area (Å²) in [7, 11) is 1.78. The van der Waals surface area contributed by atoms with Crippen molar-refractivity contribution >= 4 is 17.3 Å². The largest absolute Gasteiger partial charge is 0.370 e. The first-order valence-electron chi connectivity index (χ1n) is 6.70. The van der Waals surface area contributed by atoms with Crippen molar-refractivity contribution in [1.29, 1.82) is 0 Å². The molecule has 1 saturated heterocycles. The van der Waals surface area contributed by atoms with Crippen molar-refractivity contribution in [3.05, 3.63) is 24.0 Å². The normalized spacial score (nSPS) is 14.7. The molecule has 0 bridgehead atoms. The molecule has 1 aromatic carbocycles. The molecule has 1 aliphatic rings. The van der Waals surface area contributed by atoms with Gasteiger partial charge in [0.1, 0.15) is 11.5 Å². The highest BCUT2D eigenvalue weighted by Crippen LogP contribution is 2.31. The average Bonchev–Trinajstić information content (AvgIpc) is 2.92. The first kappa shape index (κ1) is 13.8. The molecule has 0 aliphatic carbocycles. The van der Waals surface area contributed by atoms with Gasteiger partial charge in [0.15, 0.2) is 0 Å². The predicted octanol–water partition coefficient (Wildman–Crippen LogP) is 1.97. The molecule has 4 nitrogen and oxygen atoms in total. The smallest absolute Gasteiger partial charge is 0.225 e. The lowest BCUT2D eigenvalue weighted by molar-refractivity contribution is -0.116. The Balaban J connectivity index is 2.15. The van der Waals surface area contributed by atoms with Gasteiger partial charge in [-0.25, -0.2) is 4.39 Å². The maximum atomic E-state index is 13.9. The molecule has 1 aromatic rings. The zero-order chi connectivity index (χ0) is 13.7. The minimum absolute atomic E-state index is 0.167. The van der Waals surface area contributed by atoms with Gasteiger partial charge in [-0.2, -0.15) is 0 Å². The van der Waals surface area contributed by atoms with Gasteiger partial charge < -0.3 is 15.5 Å². The van der Waals surface area contributed by atoms with E-state index in [4.69, 9.17) is 0 Å². The van der Waals surface area contributed by atoms with E-state index in [-0.39, 0.29) is 11.7 Å². The second kappa shape index (κ2) is 6.52. The summed E-state index contributed by atoms with van der Waals surface area (Å²) in [6.07, 6.45) is 2.57. The Morgan fingerprint density at radius 2 is 2.11 bits per heavy atom. The van der Waals surface area contributed by atoms with Crippen LogP contribution in [0.3, 0.4) is 0 Å². The lowest BCUT2D eigenvalue weighted by Crippen LogP contribution is -2.23. The van der Waals surface area contributed by atoms with Gasteiger partial charge in [0.2, 0.25) is 5.91 Å². The van der Waals surface area contributed by atoms with Crippen LogP contribution < -0.4 is 15.5 Å². The quantitative estimate of drug-likeness (QED) is 0.855. The molecule has 19 heavy (non-hydrogen) atoms. The molecule has 1 heterocycles. The molecule has 0 saturated carbocycles. The molecule has 0 atom stereocenters. The van der Waals surface area contributed by atoms with Crippen LogP contribution in [0.4, 0.5) is 15.8 Å². The van der Waals surface area contributed by atoms with Crippen molar-refractivity contribution in [2.24, 2.45) is 0 Å². The van der Waals surface area contributed by atoms with Crippen molar-refractivity contribution in [3.8, 4) is 0 Å². The summed E-state index contributed by atoms with van der Waals surface area (Å²) >= 11 is 0. The van der Waals surface area contributed by atoms with E-state index in [9.17, 15) is 9.18 Å². The molecule has 0 unspecified atom stereocenters. The van der Waals surface area contributed by atoms with Gasteiger partial charge in [-0.05, 0) is 32.0 Å². The summed E-state index contributed by atoms with van der Waals surface area (Å²) in [6.45, 7) is 2.42. The summed E-state index contributed by atoms with van der Waals surface area (Å²) in [5, 5.41) is 5.60. The standard InChI is InChI=1S/C14H20FN3O/c1-16-8-7-13(19)17-14-11(15)5-4-6-12(14)18-9-2-3-10-18/h4-6,16H,2-3,7-10H2,1H3,(H,17,19). The summed E-state index contributed by atoms with van der Waals surface area (Å²) in [6, 6.07) is 4.93. The fourth-order valence-electron chi connectivity index (χ4n) is 2.30. The van der Waals surface area contributed by atoms with E-state index in [1.54, 1.807) is 13.1 Å². The Hall–Kier alpha value is -1.62. The Morgan fingerprint density at radius 1 is 1.37 bits per heavy atom. The fourth-order valence-corrected chi connectivity index (χ4v) is 2.30. The van der Waals surface area contributed by atoms with Gasteiger partial charge in [-0.15, -0.1) is 0 Å². The number of benzene rings is 1. The summed E-state index contributed by atoms with van der Waals surface area (Å²) in [5.74, 6) is -0.540. The summed E-state index contributed by atoms with van der Waals surface area (Å²) < 4.78 is 13.9. The highest BCUT2D eigenvalue weighted by atomic mass is 19.1. The summed E-state index contributed by atoms with van der Waals surface area (Å²) in [5.41, 5.74) is 1.10. The monoisotopic (exact) mass is 265 g/mol. The Morgan fingerprint density at radius 3 is 2.79 bits per heavy atom. The second-order valence-electron chi connectivity index (χ2n) is 4.73. The number of hydrogen-bond acceptors (Lipinski definition) is 3. The molecule has 5 heteroatoms. The third-order valence-corrected chi connectivity index (χ3v) is 3.30. The van der Waals surface area contributed by atoms with Gasteiger partial charge in [0.25, 0.3) is 0 Å². The predicted molar refractivity (Wildman–Crippen MR) is 75.0 cm³/mol. The molecule has 2 N–H and O–H groups in total. The van der Waals surface area contributed by atoms with Crippen molar-refractivity contribution < 1.29 is 9.18 Å². The Labute approximate surface area is 113 Å². The number of anilines is 2.